The summed E-state index contributed by atoms with van der Waals surface area (Å²) >= 11 is 0. The molecule has 0 saturated heterocycles. The van der Waals surface area contributed by atoms with E-state index >= 15 is 0 Å². The van der Waals surface area contributed by atoms with Crippen LogP contribution in [0.15, 0.2) is 30.3 Å². The largest absolute Gasteiger partial charge is 0.319 e. The SMILES string of the molecule is CCC(CNC)CNC(C)c1ccccc1. The molecule has 2 N–H and O–H groups in total. The third kappa shape index (κ3) is 4.33. The number of nitrogens with one attached hydrogen (secondary N) is 2. The lowest BCUT2D eigenvalue weighted by Gasteiger charge is -2.19. The monoisotopic (exact) mass is 220 g/mol. The van der Waals surface area contributed by atoms with Crippen LogP contribution < -0.4 is 10.6 Å². The number of hydrogen-bond acceptors (Lipinski definition) is 2. The van der Waals surface area contributed by atoms with Crippen molar-refractivity contribution in [3.05, 3.63) is 35.9 Å². The fraction of sp³-hybridized carbons (Fsp3) is 0.571. The van der Waals surface area contributed by atoms with Crippen LogP contribution in [0.3, 0.4) is 0 Å². The van der Waals surface area contributed by atoms with Crippen molar-refractivity contribution >= 4 is 0 Å². The van der Waals surface area contributed by atoms with Gasteiger partial charge in [-0.05, 0) is 38.5 Å². The molecule has 0 heterocycles. The minimum atomic E-state index is 0.437. The predicted molar refractivity (Wildman–Crippen MR) is 70.6 cm³/mol. The molecule has 0 spiro atoms. The van der Waals surface area contributed by atoms with Gasteiger partial charge in [-0.25, -0.2) is 0 Å². The molecule has 0 aliphatic carbocycles. The maximum Gasteiger partial charge on any atom is 0.0291 e. The van der Waals surface area contributed by atoms with Crippen molar-refractivity contribution in [3.63, 3.8) is 0 Å². The molecule has 0 amide bonds. The van der Waals surface area contributed by atoms with Crippen LogP contribution in [0.5, 0.6) is 0 Å². The lowest BCUT2D eigenvalue weighted by Crippen LogP contribution is -2.31. The Morgan fingerprint density at radius 1 is 1.12 bits per heavy atom. The van der Waals surface area contributed by atoms with Crippen LogP contribution in [0.4, 0.5) is 0 Å². The van der Waals surface area contributed by atoms with E-state index in [9.17, 15) is 0 Å². The zero-order valence-corrected chi connectivity index (χ0v) is 10.7. The summed E-state index contributed by atoms with van der Waals surface area (Å²) in [5.41, 5.74) is 1.36. The first-order valence-corrected chi connectivity index (χ1v) is 6.20. The number of benzene rings is 1. The first-order chi connectivity index (χ1) is 7.77. The molecule has 2 unspecified atom stereocenters. The average Bonchev–Trinajstić information content (AvgIpc) is 2.35. The molecule has 0 radical (unpaired) electrons. The molecule has 16 heavy (non-hydrogen) atoms. The van der Waals surface area contributed by atoms with Gasteiger partial charge in [0.1, 0.15) is 0 Å². The summed E-state index contributed by atoms with van der Waals surface area (Å²) in [6.45, 7) is 6.64. The summed E-state index contributed by atoms with van der Waals surface area (Å²) in [4.78, 5) is 0. The Bertz CT molecular complexity index is 271. The normalized spacial score (nSPS) is 14.7. The second-order valence-corrected chi connectivity index (χ2v) is 4.37. The van der Waals surface area contributed by atoms with E-state index in [1.807, 2.05) is 7.05 Å². The van der Waals surface area contributed by atoms with Gasteiger partial charge in [-0.3, -0.25) is 0 Å². The van der Waals surface area contributed by atoms with Crippen molar-refractivity contribution in [3.8, 4) is 0 Å². The van der Waals surface area contributed by atoms with Crippen LogP contribution in [-0.2, 0) is 0 Å². The Kier molecular flexibility index (Phi) is 6.12. The second kappa shape index (κ2) is 7.42. The van der Waals surface area contributed by atoms with Crippen LogP contribution in [0.2, 0.25) is 0 Å². The van der Waals surface area contributed by atoms with E-state index in [4.69, 9.17) is 0 Å². The average molecular weight is 220 g/mol. The zero-order chi connectivity index (χ0) is 11.8. The van der Waals surface area contributed by atoms with Crippen molar-refractivity contribution in [2.75, 3.05) is 20.1 Å². The van der Waals surface area contributed by atoms with Crippen LogP contribution in [-0.4, -0.2) is 20.1 Å². The summed E-state index contributed by atoms with van der Waals surface area (Å²) < 4.78 is 0. The Morgan fingerprint density at radius 3 is 2.38 bits per heavy atom. The molecule has 2 atom stereocenters. The van der Waals surface area contributed by atoms with Gasteiger partial charge in [0.05, 0.1) is 0 Å². The van der Waals surface area contributed by atoms with Gasteiger partial charge in [0.25, 0.3) is 0 Å². The maximum absolute atomic E-state index is 3.59. The molecule has 0 aliphatic heterocycles. The third-order valence-electron chi connectivity index (χ3n) is 3.08. The summed E-state index contributed by atoms with van der Waals surface area (Å²) in [7, 11) is 2.02. The summed E-state index contributed by atoms with van der Waals surface area (Å²) in [6.07, 6.45) is 1.22. The van der Waals surface area contributed by atoms with Gasteiger partial charge in [0.15, 0.2) is 0 Å². The molecule has 2 nitrogen and oxygen atoms in total. The molecular weight excluding hydrogens is 196 g/mol. The first-order valence-electron chi connectivity index (χ1n) is 6.20. The molecule has 0 aromatic heterocycles. The highest BCUT2D eigenvalue weighted by molar-refractivity contribution is 5.17. The van der Waals surface area contributed by atoms with E-state index < -0.39 is 0 Å². The van der Waals surface area contributed by atoms with Crippen LogP contribution in [0.1, 0.15) is 31.9 Å². The van der Waals surface area contributed by atoms with Crippen molar-refractivity contribution in [1.82, 2.24) is 10.6 Å². The van der Waals surface area contributed by atoms with E-state index in [-0.39, 0.29) is 0 Å². The molecule has 0 fully saturated rings. The molecule has 0 bridgehead atoms. The van der Waals surface area contributed by atoms with Gasteiger partial charge >= 0.3 is 0 Å². The van der Waals surface area contributed by atoms with Gasteiger partial charge in [0, 0.05) is 6.04 Å². The third-order valence-corrected chi connectivity index (χ3v) is 3.08. The predicted octanol–water partition coefficient (Wildman–Crippen LogP) is 2.58. The van der Waals surface area contributed by atoms with Crippen molar-refractivity contribution in [2.24, 2.45) is 5.92 Å². The fourth-order valence-electron chi connectivity index (χ4n) is 1.85. The maximum atomic E-state index is 3.59. The Morgan fingerprint density at radius 2 is 1.81 bits per heavy atom. The van der Waals surface area contributed by atoms with Gasteiger partial charge in [0.2, 0.25) is 0 Å². The molecular formula is C14H24N2. The Balaban J connectivity index is 2.37. The van der Waals surface area contributed by atoms with E-state index in [0.29, 0.717) is 6.04 Å². The summed E-state index contributed by atoms with van der Waals surface area (Å²) in [6, 6.07) is 11.0. The quantitative estimate of drug-likeness (QED) is 0.738. The first kappa shape index (κ1) is 13.2. The number of rotatable bonds is 7. The van der Waals surface area contributed by atoms with Crippen molar-refractivity contribution in [2.45, 2.75) is 26.3 Å². The van der Waals surface area contributed by atoms with E-state index in [2.05, 4.69) is 54.8 Å². The fourth-order valence-corrected chi connectivity index (χ4v) is 1.85. The topological polar surface area (TPSA) is 24.1 Å². The zero-order valence-electron chi connectivity index (χ0n) is 10.7. The number of hydrogen-bond donors (Lipinski definition) is 2. The van der Waals surface area contributed by atoms with Gasteiger partial charge in [-0.15, -0.1) is 0 Å². The van der Waals surface area contributed by atoms with Gasteiger partial charge < -0.3 is 10.6 Å². The molecule has 1 aromatic rings. The molecule has 1 rings (SSSR count). The molecule has 0 saturated carbocycles. The molecule has 2 heteroatoms. The summed E-state index contributed by atoms with van der Waals surface area (Å²) in [5.74, 6) is 0.719. The van der Waals surface area contributed by atoms with Crippen LogP contribution in [0, 0.1) is 5.92 Å². The molecule has 90 valence electrons. The molecule has 1 aromatic carbocycles. The van der Waals surface area contributed by atoms with E-state index in [1.165, 1.54) is 12.0 Å². The minimum absolute atomic E-state index is 0.437. The van der Waals surface area contributed by atoms with E-state index in [1.54, 1.807) is 0 Å². The Labute approximate surface area is 99.5 Å². The standard InChI is InChI=1S/C14H24N2/c1-4-13(10-15-3)11-16-12(2)14-8-6-5-7-9-14/h5-9,12-13,15-16H,4,10-11H2,1-3H3. The second-order valence-electron chi connectivity index (χ2n) is 4.37. The highest BCUT2D eigenvalue weighted by Crippen LogP contribution is 2.11. The van der Waals surface area contributed by atoms with Crippen LogP contribution >= 0.6 is 0 Å². The van der Waals surface area contributed by atoms with Gasteiger partial charge in [-0.1, -0.05) is 43.7 Å². The lowest BCUT2D eigenvalue weighted by atomic mass is 10.0. The smallest absolute Gasteiger partial charge is 0.0291 e. The Hall–Kier alpha value is -0.860. The highest BCUT2D eigenvalue weighted by Gasteiger charge is 2.08. The van der Waals surface area contributed by atoms with Crippen molar-refractivity contribution < 1.29 is 0 Å². The van der Waals surface area contributed by atoms with Crippen molar-refractivity contribution in [1.29, 1.82) is 0 Å². The van der Waals surface area contributed by atoms with Crippen LogP contribution in [0.25, 0.3) is 0 Å². The minimum Gasteiger partial charge on any atom is -0.319 e. The van der Waals surface area contributed by atoms with E-state index in [0.717, 1.165) is 19.0 Å². The summed E-state index contributed by atoms with van der Waals surface area (Å²) in [5, 5.41) is 6.84. The highest BCUT2D eigenvalue weighted by atomic mass is 14.9. The molecule has 0 aliphatic rings. The van der Waals surface area contributed by atoms with Gasteiger partial charge in [-0.2, -0.15) is 0 Å². The lowest BCUT2D eigenvalue weighted by molar-refractivity contribution is 0.420.